The summed E-state index contributed by atoms with van der Waals surface area (Å²) in [7, 11) is 0. The van der Waals surface area contributed by atoms with Crippen LogP contribution in [0.3, 0.4) is 0 Å². The topological polar surface area (TPSA) is 68.0 Å². The van der Waals surface area contributed by atoms with Crippen LogP contribution in [0.1, 0.15) is 35.7 Å². The molecule has 0 fully saturated rings. The standard InChI is InChI=1S/C23H21N3O2S/c1-15(2)29-20-11-7-16(8-12-20)13-21-25-26-23(28-21)24-22(27)19-10-9-17-5-3-4-6-18(17)14-19/h3-12,14-15H,13H2,1-2H3,(H,24,26,27). The van der Waals surface area contributed by atoms with Crippen LogP contribution in [0.2, 0.25) is 0 Å². The molecule has 3 aromatic carbocycles. The number of fused-ring (bicyclic) bond motifs is 1. The predicted molar refractivity (Wildman–Crippen MR) is 116 cm³/mol. The molecule has 0 aliphatic carbocycles. The minimum atomic E-state index is -0.277. The Morgan fingerprint density at radius 1 is 1.00 bits per heavy atom. The molecule has 29 heavy (non-hydrogen) atoms. The first-order chi connectivity index (χ1) is 14.1. The van der Waals surface area contributed by atoms with E-state index in [-0.39, 0.29) is 11.9 Å². The van der Waals surface area contributed by atoms with Crippen molar-refractivity contribution in [1.82, 2.24) is 10.2 Å². The van der Waals surface area contributed by atoms with Gasteiger partial charge in [0.2, 0.25) is 5.89 Å². The third-order valence-corrected chi connectivity index (χ3v) is 5.37. The van der Waals surface area contributed by atoms with Gasteiger partial charge in [0.1, 0.15) is 0 Å². The number of anilines is 1. The average molecular weight is 404 g/mol. The normalized spacial score (nSPS) is 11.1. The molecule has 0 aliphatic rings. The van der Waals surface area contributed by atoms with Crippen LogP contribution in [0.25, 0.3) is 10.8 Å². The van der Waals surface area contributed by atoms with Crippen LogP contribution in [0, 0.1) is 0 Å². The zero-order chi connectivity index (χ0) is 20.2. The number of rotatable bonds is 6. The van der Waals surface area contributed by atoms with Gasteiger partial charge in [0.05, 0.1) is 6.42 Å². The first-order valence-electron chi connectivity index (χ1n) is 9.45. The maximum atomic E-state index is 12.5. The van der Waals surface area contributed by atoms with Gasteiger partial charge in [-0.2, -0.15) is 0 Å². The van der Waals surface area contributed by atoms with Crippen LogP contribution in [-0.4, -0.2) is 21.4 Å². The molecule has 0 saturated heterocycles. The Labute approximate surface area is 173 Å². The fraction of sp³-hybridized carbons (Fsp3) is 0.174. The first kappa shape index (κ1) is 19.2. The summed E-state index contributed by atoms with van der Waals surface area (Å²) in [5, 5.41) is 13.3. The molecule has 1 amide bonds. The first-order valence-corrected chi connectivity index (χ1v) is 10.3. The summed E-state index contributed by atoms with van der Waals surface area (Å²) >= 11 is 1.82. The predicted octanol–water partition coefficient (Wildman–Crippen LogP) is 5.57. The van der Waals surface area contributed by atoms with E-state index in [4.69, 9.17) is 4.42 Å². The summed E-state index contributed by atoms with van der Waals surface area (Å²) in [4.78, 5) is 13.7. The summed E-state index contributed by atoms with van der Waals surface area (Å²) in [6.45, 7) is 4.34. The molecule has 1 aromatic heterocycles. The highest BCUT2D eigenvalue weighted by Gasteiger charge is 2.12. The molecule has 0 aliphatic heterocycles. The zero-order valence-corrected chi connectivity index (χ0v) is 17.1. The highest BCUT2D eigenvalue weighted by molar-refractivity contribution is 7.99. The van der Waals surface area contributed by atoms with Crippen LogP contribution in [0.4, 0.5) is 6.01 Å². The molecule has 4 aromatic rings. The Morgan fingerprint density at radius 2 is 1.76 bits per heavy atom. The third kappa shape index (κ3) is 4.84. The van der Waals surface area contributed by atoms with Gasteiger partial charge >= 0.3 is 6.01 Å². The summed E-state index contributed by atoms with van der Waals surface area (Å²) in [6, 6.07) is 21.9. The molecular formula is C23H21N3O2S. The van der Waals surface area contributed by atoms with Crippen LogP contribution < -0.4 is 5.32 Å². The number of carbonyl (C=O) groups excluding carboxylic acids is 1. The van der Waals surface area contributed by atoms with Crippen molar-refractivity contribution in [1.29, 1.82) is 0 Å². The van der Waals surface area contributed by atoms with Gasteiger partial charge < -0.3 is 4.42 Å². The molecule has 6 heteroatoms. The molecule has 1 heterocycles. The summed E-state index contributed by atoms with van der Waals surface area (Å²) in [5.41, 5.74) is 1.62. The second kappa shape index (κ2) is 8.49. The summed E-state index contributed by atoms with van der Waals surface area (Å²) < 4.78 is 5.60. The van der Waals surface area contributed by atoms with Crippen molar-refractivity contribution in [2.45, 2.75) is 30.4 Å². The molecular weight excluding hydrogens is 382 g/mol. The number of thioether (sulfide) groups is 1. The lowest BCUT2D eigenvalue weighted by Crippen LogP contribution is -2.12. The van der Waals surface area contributed by atoms with E-state index in [1.54, 1.807) is 6.07 Å². The number of nitrogens with one attached hydrogen (secondary N) is 1. The van der Waals surface area contributed by atoms with E-state index in [0.717, 1.165) is 16.3 Å². The van der Waals surface area contributed by atoms with E-state index in [0.29, 0.717) is 23.1 Å². The average Bonchev–Trinajstić information content (AvgIpc) is 3.15. The van der Waals surface area contributed by atoms with Crippen molar-refractivity contribution in [3.05, 3.63) is 83.7 Å². The van der Waals surface area contributed by atoms with Crippen molar-refractivity contribution in [3.63, 3.8) is 0 Å². The smallest absolute Gasteiger partial charge is 0.322 e. The molecule has 0 saturated carbocycles. The second-order valence-corrected chi connectivity index (χ2v) is 8.65. The number of hydrogen-bond acceptors (Lipinski definition) is 5. The fourth-order valence-corrected chi connectivity index (χ4v) is 3.85. The molecule has 0 bridgehead atoms. The van der Waals surface area contributed by atoms with E-state index in [1.165, 1.54) is 4.90 Å². The van der Waals surface area contributed by atoms with Crippen molar-refractivity contribution < 1.29 is 9.21 Å². The number of benzene rings is 3. The molecule has 0 radical (unpaired) electrons. The molecule has 146 valence electrons. The maximum absolute atomic E-state index is 12.5. The maximum Gasteiger partial charge on any atom is 0.322 e. The van der Waals surface area contributed by atoms with E-state index in [9.17, 15) is 4.79 Å². The van der Waals surface area contributed by atoms with Crippen LogP contribution in [0.5, 0.6) is 0 Å². The molecule has 1 N–H and O–H groups in total. The number of aromatic nitrogens is 2. The van der Waals surface area contributed by atoms with Gasteiger partial charge in [-0.1, -0.05) is 61.4 Å². The Kier molecular flexibility index (Phi) is 5.62. The van der Waals surface area contributed by atoms with Crippen molar-refractivity contribution in [3.8, 4) is 0 Å². The largest absolute Gasteiger partial charge is 0.407 e. The lowest BCUT2D eigenvalue weighted by atomic mass is 10.1. The van der Waals surface area contributed by atoms with Gasteiger partial charge in [0.15, 0.2) is 0 Å². The second-order valence-electron chi connectivity index (χ2n) is 7.00. The van der Waals surface area contributed by atoms with Crippen LogP contribution >= 0.6 is 11.8 Å². The lowest BCUT2D eigenvalue weighted by molar-refractivity contribution is 0.102. The molecule has 5 nitrogen and oxygen atoms in total. The number of carbonyl (C=O) groups is 1. The highest BCUT2D eigenvalue weighted by Crippen LogP contribution is 2.23. The minimum absolute atomic E-state index is 0.102. The Morgan fingerprint density at radius 3 is 2.52 bits per heavy atom. The Balaban J connectivity index is 1.41. The van der Waals surface area contributed by atoms with Gasteiger partial charge in [-0.05, 0) is 40.6 Å². The Bertz CT molecular complexity index is 1140. The minimum Gasteiger partial charge on any atom is -0.407 e. The number of hydrogen-bond donors (Lipinski definition) is 1. The van der Waals surface area contributed by atoms with Gasteiger partial charge in [0, 0.05) is 15.7 Å². The summed E-state index contributed by atoms with van der Waals surface area (Å²) in [5.74, 6) is 0.184. The number of nitrogens with zero attached hydrogens (tertiary/aromatic N) is 2. The van der Waals surface area contributed by atoms with E-state index < -0.39 is 0 Å². The molecule has 0 spiro atoms. The van der Waals surface area contributed by atoms with Crippen molar-refractivity contribution in [2.75, 3.05) is 5.32 Å². The highest BCUT2D eigenvalue weighted by atomic mass is 32.2. The Hall–Kier alpha value is -3.12. The van der Waals surface area contributed by atoms with E-state index in [1.807, 2.05) is 48.2 Å². The van der Waals surface area contributed by atoms with Crippen molar-refractivity contribution in [2.24, 2.45) is 0 Å². The monoisotopic (exact) mass is 403 g/mol. The third-order valence-electron chi connectivity index (χ3n) is 4.35. The fourth-order valence-electron chi connectivity index (χ4n) is 3.01. The van der Waals surface area contributed by atoms with Gasteiger partial charge in [-0.25, -0.2) is 0 Å². The van der Waals surface area contributed by atoms with Gasteiger partial charge in [-0.15, -0.1) is 16.9 Å². The lowest BCUT2D eigenvalue weighted by Gasteiger charge is -2.05. The van der Waals surface area contributed by atoms with Gasteiger partial charge in [0.25, 0.3) is 5.91 Å². The zero-order valence-electron chi connectivity index (χ0n) is 16.3. The molecule has 4 rings (SSSR count). The molecule has 0 unspecified atom stereocenters. The quantitative estimate of drug-likeness (QED) is 0.427. The molecule has 0 atom stereocenters. The van der Waals surface area contributed by atoms with E-state index >= 15 is 0 Å². The van der Waals surface area contributed by atoms with Gasteiger partial charge in [-0.3, -0.25) is 10.1 Å². The summed E-state index contributed by atoms with van der Waals surface area (Å²) in [6.07, 6.45) is 0.519. The number of amides is 1. The van der Waals surface area contributed by atoms with E-state index in [2.05, 4.69) is 53.6 Å². The van der Waals surface area contributed by atoms with Crippen molar-refractivity contribution >= 4 is 34.5 Å². The van der Waals surface area contributed by atoms with Crippen LogP contribution in [0.15, 0.2) is 76.0 Å². The van der Waals surface area contributed by atoms with Crippen LogP contribution in [-0.2, 0) is 6.42 Å². The SMILES string of the molecule is CC(C)Sc1ccc(Cc2nnc(NC(=O)c3ccc4ccccc4c3)o2)cc1.